The van der Waals surface area contributed by atoms with Gasteiger partial charge in [0.2, 0.25) is 0 Å². The number of halogens is 2. The van der Waals surface area contributed by atoms with E-state index in [1.165, 1.54) is 0 Å². The third-order valence-electron chi connectivity index (χ3n) is 3.02. The number of nitrogens with one attached hydrogen (secondary N) is 1. The summed E-state index contributed by atoms with van der Waals surface area (Å²) in [6.45, 7) is 7.42. The molecule has 0 aromatic heterocycles. The maximum absolute atomic E-state index is 9.12. The molecule has 0 heterocycles. The molecular weight excluding hydrogens is 314 g/mol. The predicted octanol–water partition coefficient (Wildman–Crippen LogP) is 3.99. The molecule has 1 unspecified atom stereocenters. The maximum Gasteiger partial charge on any atom is 0.0462 e. The first-order valence-electron chi connectivity index (χ1n) is 6.12. The summed E-state index contributed by atoms with van der Waals surface area (Å²) in [7, 11) is 0. The van der Waals surface area contributed by atoms with Crippen molar-refractivity contribution in [1.29, 1.82) is 0 Å². The topological polar surface area (TPSA) is 32.3 Å². The lowest BCUT2D eigenvalue weighted by Crippen LogP contribution is -2.40. The lowest BCUT2D eigenvalue weighted by Gasteiger charge is -2.31. The van der Waals surface area contributed by atoms with E-state index in [0.29, 0.717) is 6.54 Å². The summed E-state index contributed by atoms with van der Waals surface area (Å²) in [4.78, 5) is 0. The van der Waals surface area contributed by atoms with Crippen molar-refractivity contribution in [2.75, 3.05) is 6.61 Å². The van der Waals surface area contributed by atoms with Crippen LogP contribution in [0.3, 0.4) is 0 Å². The van der Waals surface area contributed by atoms with Crippen LogP contribution in [-0.4, -0.2) is 17.8 Å². The monoisotopic (exact) mass is 333 g/mol. The Kier molecular flexibility index (Phi) is 6.12. The van der Waals surface area contributed by atoms with Crippen molar-refractivity contribution in [3.05, 3.63) is 33.3 Å². The lowest BCUT2D eigenvalue weighted by atomic mass is 9.85. The van der Waals surface area contributed by atoms with Gasteiger partial charge in [-0.15, -0.1) is 0 Å². The van der Waals surface area contributed by atoms with Crippen LogP contribution in [-0.2, 0) is 6.54 Å². The highest BCUT2D eigenvalue weighted by atomic mass is 79.9. The minimum atomic E-state index is 0.116. The molecule has 1 atom stereocenters. The Hall–Kier alpha value is -0.0900. The van der Waals surface area contributed by atoms with E-state index in [4.69, 9.17) is 16.7 Å². The summed E-state index contributed by atoms with van der Waals surface area (Å²) in [5.41, 5.74) is 1.19. The fourth-order valence-corrected chi connectivity index (χ4v) is 2.61. The molecule has 0 fully saturated rings. The van der Waals surface area contributed by atoms with Gasteiger partial charge in [0.15, 0.2) is 0 Å². The average Bonchev–Trinajstić information content (AvgIpc) is 2.24. The summed E-state index contributed by atoms with van der Waals surface area (Å²) >= 11 is 9.58. The van der Waals surface area contributed by atoms with Crippen LogP contribution in [0.5, 0.6) is 0 Å². The van der Waals surface area contributed by atoms with Gasteiger partial charge in [-0.3, -0.25) is 0 Å². The minimum absolute atomic E-state index is 0.116. The highest BCUT2D eigenvalue weighted by Gasteiger charge is 2.23. The maximum atomic E-state index is 9.12. The van der Waals surface area contributed by atoms with Crippen molar-refractivity contribution in [3.63, 3.8) is 0 Å². The summed E-state index contributed by atoms with van der Waals surface area (Å²) in [5.74, 6) is 0. The molecule has 4 heteroatoms. The predicted molar refractivity (Wildman–Crippen MR) is 80.9 cm³/mol. The Labute approximate surface area is 123 Å². The van der Waals surface area contributed by atoms with Gasteiger partial charge in [0.05, 0.1) is 0 Å². The minimum Gasteiger partial charge on any atom is -0.396 e. The number of hydrogen-bond donors (Lipinski definition) is 2. The van der Waals surface area contributed by atoms with Crippen LogP contribution in [0, 0.1) is 5.41 Å². The molecule has 0 aliphatic rings. The van der Waals surface area contributed by atoms with E-state index in [1.807, 2.05) is 18.2 Å². The number of benzene rings is 1. The van der Waals surface area contributed by atoms with Crippen LogP contribution in [0.2, 0.25) is 5.02 Å². The molecule has 0 radical (unpaired) electrons. The van der Waals surface area contributed by atoms with Gasteiger partial charge in [0, 0.05) is 28.7 Å². The van der Waals surface area contributed by atoms with Crippen LogP contribution in [0.25, 0.3) is 0 Å². The molecular formula is C14H21BrClNO. The molecule has 0 saturated carbocycles. The Bertz CT molecular complexity index is 390. The Morgan fingerprint density at radius 1 is 1.39 bits per heavy atom. The van der Waals surface area contributed by atoms with E-state index >= 15 is 0 Å². The van der Waals surface area contributed by atoms with E-state index in [9.17, 15) is 0 Å². The van der Waals surface area contributed by atoms with E-state index in [-0.39, 0.29) is 18.1 Å². The molecule has 1 rings (SSSR count). The van der Waals surface area contributed by atoms with Gasteiger partial charge in [-0.05, 0) is 29.5 Å². The summed E-state index contributed by atoms with van der Waals surface area (Å²) < 4.78 is 0.985. The first kappa shape index (κ1) is 16.0. The van der Waals surface area contributed by atoms with Crippen molar-refractivity contribution in [2.45, 2.75) is 39.8 Å². The van der Waals surface area contributed by atoms with Crippen molar-refractivity contribution in [2.24, 2.45) is 5.41 Å². The van der Waals surface area contributed by atoms with Gasteiger partial charge in [0.1, 0.15) is 0 Å². The number of aliphatic hydroxyl groups is 1. The molecule has 0 saturated heterocycles. The van der Waals surface area contributed by atoms with E-state index in [2.05, 4.69) is 42.0 Å². The summed E-state index contributed by atoms with van der Waals surface area (Å²) in [6, 6.07) is 6.16. The molecule has 2 N–H and O–H groups in total. The standard InChI is InChI=1S/C14H21BrClNO/c1-14(2,3)13(6-7-18)17-9-10-4-5-11(15)8-12(10)16/h4-5,8,13,17-18H,6-7,9H2,1-3H3. The highest BCUT2D eigenvalue weighted by Crippen LogP contribution is 2.24. The Morgan fingerprint density at radius 2 is 2.06 bits per heavy atom. The molecule has 18 heavy (non-hydrogen) atoms. The Balaban J connectivity index is 2.67. The van der Waals surface area contributed by atoms with Gasteiger partial charge in [-0.1, -0.05) is 54.4 Å². The zero-order valence-electron chi connectivity index (χ0n) is 11.1. The molecule has 0 aliphatic carbocycles. The number of hydrogen-bond acceptors (Lipinski definition) is 2. The summed E-state index contributed by atoms with van der Waals surface area (Å²) in [5, 5.41) is 13.4. The van der Waals surface area contributed by atoms with Crippen molar-refractivity contribution >= 4 is 27.5 Å². The van der Waals surface area contributed by atoms with Gasteiger partial charge in [0.25, 0.3) is 0 Å². The number of rotatable bonds is 5. The SMILES string of the molecule is CC(C)(C)C(CCO)NCc1ccc(Br)cc1Cl. The molecule has 0 aliphatic heterocycles. The van der Waals surface area contributed by atoms with Gasteiger partial charge >= 0.3 is 0 Å². The molecule has 2 nitrogen and oxygen atoms in total. The van der Waals surface area contributed by atoms with E-state index in [1.54, 1.807) is 0 Å². The van der Waals surface area contributed by atoms with Crippen molar-refractivity contribution < 1.29 is 5.11 Å². The molecule has 0 spiro atoms. The number of aliphatic hydroxyl groups excluding tert-OH is 1. The normalized spacial score (nSPS) is 13.7. The Morgan fingerprint density at radius 3 is 2.56 bits per heavy atom. The van der Waals surface area contributed by atoms with Crippen LogP contribution < -0.4 is 5.32 Å². The van der Waals surface area contributed by atoms with E-state index in [0.717, 1.165) is 21.5 Å². The van der Waals surface area contributed by atoms with Crippen LogP contribution in [0.1, 0.15) is 32.8 Å². The smallest absolute Gasteiger partial charge is 0.0462 e. The van der Waals surface area contributed by atoms with Crippen molar-refractivity contribution in [1.82, 2.24) is 5.32 Å². The van der Waals surface area contributed by atoms with E-state index < -0.39 is 0 Å². The molecule has 0 amide bonds. The quantitative estimate of drug-likeness (QED) is 0.853. The largest absolute Gasteiger partial charge is 0.396 e. The van der Waals surface area contributed by atoms with Crippen LogP contribution in [0.15, 0.2) is 22.7 Å². The van der Waals surface area contributed by atoms with Gasteiger partial charge < -0.3 is 10.4 Å². The first-order chi connectivity index (χ1) is 8.34. The van der Waals surface area contributed by atoms with Gasteiger partial charge in [-0.25, -0.2) is 0 Å². The van der Waals surface area contributed by atoms with Gasteiger partial charge in [-0.2, -0.15) is 0 Å². The average molecular weight is 335 g/mol. The zero-order valence-corrected chi connectivity index (χ0v) is 13.5. The first-order valence-corrected chi connectivity index (χ1v) is 7.30. The fraction of sp³-hybridized carbons (Fsp3) is 0.571. The summed E-state index contributed by atoms with van der Waals surface area (Å²) in [6.07, 6.45) is 0.748. The molecule has 1 aromatic carbocycles. The van der Waals surface area contributed by atoms with Crippen LogP contribution >= 0.6 is 27.5 Å². The zero-order chi connectivity index (χ0) is 13.8. The third-order valence-corrected chi connectivity index (χ3v) is 3.86. The molecule has 102 valence electrons. The highest BCUT2D eigenvalue weighted by molar-refractivity contribution is 9.10. The molecule has 0 bridgehead atoms. The second-order valence-electron chi connectivity index (χ2n) is 5.55. The third kappa shape index (κ3) is 4.88. The second-order valence-corrected chi connectivity index (χ2v) is 6.87. The fourth-order valence-electron chi connectivity index (χ4n) is 1.87. The van der Waals surface area contributed by atoms with Crippen molar-refractivity contribution in [3.8, 4) is 0 Å². The second kappa shape index (κ2) is 6.90. The lowest BCUT2D eigenvalue weighted by molar-refractivity contribution is 0.196. The van der Waals surface area contributed by atoms with Crippen LogP contribution in [0.4, 0.5) is 0 Å². The molecule has 1 aromatic rings.